The smallest absolute Gasteiger partial charge is 0.299 e. The highest BCUT2D eigenvalue weighted by atomic mass is 16.2. The first kappa shape index (κ1) is 13.7. The molecule has 0 fully saturated rings. The molecule has 1 aliphatic heterocycles. The Kier molecular flexibility index (Phi) is 3.80. The molecule has 0 unspecified atom stereocenters. The predicted octanol–water partition coefficient (Wildman–Crippen LogP) is 0.554. The van der Waals surface area contributed by atoms with Crippen molar-refractivity contribution in [3.05, 3.63) is 29.3 Å². The number of nitriles is 1. The number of rotatable bonds is 4. The molecule has 1 aromatic rings. The molecule has 0 aliphatic carbocycles. The molecule has 0 radical (unpaired) electrons. The lowest BCUT2D eigenvalue weighted by atomic mass is 10.1. The van der Waals surface area contributed by atoms with E-state index >= 15 is 0 Å². The molecule has 0 atom stereocenters. The van der Waals surface area contributed by atoms with Gasteiger partial charge in [-0.15, -0.1) is 0 Å². The minimum absolute atomic E-state index is 0.203. The molecule has 0 spiro atoms. The van der Waals surface area contributed by atoms with Crippen LogP contribution in [0.15, 0.2) is 18.2 Å². The quantitative estimate of drug-likeness (QED) is 0.639. The standard InChI is InChI=1S/C14H13N3O3/c1-9-3-4-11-10(7-9)13(19)14(20)17(11)8-12(18)16-6-2-5-15/h3-4,7H,2,6,8H2,1H3,(H,16,18). The van der Waals surface area contributed by atoms with Crippen molar-refractivity contribution in [3.63, 3.8) is 0 Å². The molecule has 1 aliphatic rings. The number of amides is 2. The van der Waals surface area contributed by atoms with E-state index in [0.29, 0.717) is 11.3 Å². The van der Waals surface area contributed by atoms with E-state index in [2.05, 4.69) is 5.32 Å². The maximum absolute atomic E-state index is 11.9. The minimum Gasteiger partial charge on any atom is -0.354 e. The summed E-state index contributed by atoms with van der Waals surface area (Å²) in [7, 11) is 0. The highest BCUT2D eigenvalue weighted by Gasteiger charge is 2.36. The second-order valence-electron chi connectivity index (χ2n) is 4.50. The molecule has 1 aromatic carbocycles. The number of fused-ring (bicyclic) bond motifs is 1. The molecular formula is C14H13N3O3. The van der Waals surface area contributed by atoms with E-state index in [4.69, 9.17) is 5.26 Å². The summed E-state index contributed by atoms with van der Waals surface area (Å²) in [5.74, 6) is -1.68. The van der Waals surface area contributed by atoms with Gasteiger partial charge in [-0.1, -0.05) is 11.6 Å². The molecule has 6 nitrogen and oxygen atoms in total. The van der Waals surface area contributed by atoms with Crippen LogP contribution in [0.3, 0.4) is 0 Å². The number of carbonyl (C=O) groups is 3. The molecule has 0 saturated heterocycles. The summed E-state index contributed by atoms with van der Waals surface area (Å²) in [6.45, 7) is 1.84. The van der Waals surface area contributed by atoms with Gasteiger partial charge in [0, 0.05) is 6.54 Å². The molecule has 6 heteroatoms. The van der Waals surface area contributed by atoms with Crippen LogP contribution in [0.25, 0.3) is 0 Å². The van der Waals surface area contributed by atoms with E-state index in [1.165, 1.54) is 4.90 Å². The van der Waals surface area contributed by atoms with Gasteiger partial charge in [0.15, 0.2) is 0 Å². The van der Waals surface area contributed by atoms with Crippen LogP contribution >= 0.6 is 0 Å². The zero-order valence-corrected chi connectivity index (χ0v) is 11.0. The number of hydrogen-bond donors (Lipinski definition) is 1. The van der Waals surface area contributed by atoms with E-state index < -0.39 is 17.6 Å². The number of ketones is 1. The van der Waals surface area contributed by atoms with Crippen molar-refractivity contribution in [1.29, 1.82) is 5.26 Å². The van der Waals surface area contributed by atoms with Gasteiger partial charge in [0.2, 0.25) is 5.91 Å². The lowest BCUT2D eigenvalue weighted by Gasteiger charge is -2.15. The first-order chi connectivity index (χ1) is 9.54. The fraction of sp³-hybridized carbons (Fsp3) is 0.286. The molecule has 102 valence electrons. The van der Waals surface area contributed by atoms with Crippen molar-refractivity contribution in [2.24, 2.45) is 0 Å². The fourth-order valence-corrected chi connectivity index (χ4v) is 2.03. The Morgan fingerprint density at radius 3 is 2.85 bits per heavy atom. The predicted molar refractivity (Wildman–Crippen MR) is 71.1 cm³/mol. The monoisotopic (exact) mass is 271 g/mol. The highest BCUT2D eigenvalue weighted by molar-refractivity contribution is 6.52. The van der Waals surface area contributed by atoms with Crippen LogP contribution in [0.4, 0.5) is 5.69 Å². The fourth-order valence-electron chi connectivity index (χ4n) is 2.03. The van der Waals surface area contributed by atoms with Gasteiger partial charge < -0.3 is 5.32 Å². The Labute approximate surface area is 116 Å². The maximum atomic E-state index is 11.9. The number of benzene rings is 1. The Morgan fingerprint density at radius 2 is 2.15 bits per heavy atom. The Morgan fingerprint density at radius 1 is 1.40 bits per heavy atom. The number of carbonyl (C=O) groups excluding carboxylic acids is 3. The summed E-state index contributed by atoms with van der Waals surface area (Å²) in [6.07, 6.45) is 0.203. The number of nitrogens with zero attached hydrogens (tertiary/aromatic N) is 2. The number of Topliss-reactive ketones (excluding diaryl/α,β-unsaturated/α-hetero) is 1. The lowest BCUT2D eigenvalue weighted by Crippen LogP contribution is -2.40. The number of hydrogen-bond acceptors (Lipinski definition) is 4. The van der Waals surface area contributed by atoms with E-state index in [1.807, 2.05) is 13.0 Å². The Hall–Kier alpha value is -2.68. The topological polar surface area (TPSA) is 90.3 Å². The molecule has 20 heavy (non-hydrogen) atoms. The summed E-state index contributed by atoms with van der Waals surface area (Å²) >= 11 is 0. The van der Waals surface area contributed by atoms with Crippen molar-refractivity contribution in [1.82, 2.24) is 5.32 Å². The van der Waals surface area contributed by atoms with Crippen molar-refractivity contribution < 1.29 is 14.4 Å². The molecular weight excluding hydrogens is 258 g/mol. The largest absolute Gasteiger partial charge is 0.354 e. The normalized spacial score (nSPS) is 13.1. The second kappa shape index (κ2) is 5.53. The third-order valence-electron chi connectivity index (χ3n) is 2.99. The molecule has 2 amide bonds. The molecule has 1 heterocycles. The van der Waals surface area contributed by atoms with Crippen LogP contribution < -0.4 is 10.2 Å². The highest BCUT2D eigenvalue weighted by Crippen LogP contribution is 2.29. The average molecular weight is 271 g/mol. The van der Waals surface area contributed by atoms with Crippen LogP contribution in [0, 0.1) is 18.3 Å². The first-order valence-corrected chi connectivity index (χ1v) is 6.15. The van der Waals surface area contributed by atoms with E-state index in [0.717, 1.165) is 5.56 Å². The van der Waals surface area contributed by atoms with Crippen molar-refractivity contribution in [2.75, 3.05) is 18.0 Å². The summed E-state index contributed by atoms with van der Waals surface area (Å²) < 4.78 is 0. The van der Waals surface area contributed by atoms with Crippen LogP contribution in [0.2, 0.25) is 0 Å². The molecule has 2 rings (SSSR count). The summed E-state index contributed by atoms with van der Waals surface area (Å²) in [5, 5.41) is 10.9. The van der Waals surface area contributed by atoms with Gasteiger partial charge in [0.1, 0.15) is 6.54 Å². The zero-order chi connectivity index (χ0) is 14.7. The summed E-state index contributed by atoms with van der Waals surface area (Å²) in [5.41, 5.74) is 1.67. The zero-order valence-electron chi connectivity index (χ0n) is 11.0. The summed E-state index contributed by atoms with van der Waals surface area (Å²) in [6, 6.07) is 6.99. The van der Waals surface area contributed by atoms with Crippen molar-refractivity contribution in [3.8, 4) is 6.07 Å². The minimum atomic E-state index is -0.693. The van der Waals surface area contributed by atoms with Crippen LogP contribution in [0.1, 0.15) is 22.3 Å². The van der Waals surface area contributed by atoms with Gasteiger partial charge in [0.05, 0.1) is 23.7 Å². The number of aryl methyl sites for hydroxylation is 1. The maximum Gasteiger partial charge on any atom is 0.299 e. The van der Waals surface area contributed by atoms with Crippen molar-refractivity contribution >= 4 is 23.3 Å². The van der Waals surface area contributed by atoms with E-state index in [9.17, 15) is 14.4 Å². The molecule has 0 aromatic heterocycles. The number of anilines is 1. The van der Waals surface area contributed by atoms with Gasteiger partial charge in [-0.3, -0.25) is 19.3 Å². The van der Waals surface area contributed by atoms with Gasteiger partial charge in [-0.05, 0) is 19.1 Å². The van der Waals surface area contributed by atoms with Gasteiger partial charge in [-0.25, -0.2) is 0 Å². The van der Waals surface area contributed by atoms with E-state index in [-0.39, 0.29) is 19.5 Å². The third kappa shape index (κ3) is 2.52. The van der Waals surface area contributed by atoms with Gasteiger partial charge in [0.25, 0.3) is 11.7 Å². The molecule has 0 bridgehead atoms. The molecule has 0 saturated carbocycles. The van der Waals surface area contributed by atoms with Gasteiger partial charge >= 0.3 is 0 Å². The Bertz CT molecular complexity index is 631. The van der Waals surface area contributed by atoms with Crippen LogP contribution in [0.5, 0.6) is 0 Å². The van der Waals surface area contributed by atoms with Crippen LogP contribution in [-0.4, -0.2) is 30.7 Å². The SMILES string of the molecule is Cc1ccc2c(c1)C(=O)C(=O)N2CC(=O)NCCC#N. The van der Waals surface area contributed by atoms with Gasteiger partial charge in [-0.2, -0.15) is 5.26 Å². The summed E-state index contributed by atoms with van der Waals surface area (Å²) in [4.78, 5) is 36.6. The number of nitrogens with one attached hydrogen (secondary N) is 1. The van der Waals surface area contributed by atoms with Crippen LogP contribution in [-0.2, 0) is 9.59 Å². The van der Waals surface area contributed by atoms with E-state index in [1.54, 1.807) is 18.2 Å². The third-order valence-corrected chi connectivity index (χ3v) is 2.99. The lowest BCUT2D eigenvalue weighted by molar-refractivity contribution is -0.122. The average Bonchev–Trinajstić information content (AvgIpc) is 2.64. The second-order valence-corrected chi connectivity index (χ2v) is 4.50. The van der Waals surface area contributed by atoms with Crippen molar-refractivity contribution in [2.45, 2.75) is 13.3 Å². The Balaban J connectivity index is 2.14. The first-order valence-electron chi connectivity index (χ1n) is 6.15. The molecule has 1 N–H and O–H groups in total.